The smallest absolute Gasteiger partial charge is 0.162 e. The van der Waals surface area contributed by atoms with E-state index in [4.69, 9.17) is 9.47 Å². The number of ether oxygens (including phenoxy) is 2. The lowest BCUT2D eigenvalue weighted by Crippen LogP contribution is -2.52. The second-order valence-corrected chi connectivity index (χ2v) is 5.81. The normalized spacial score (nSPS) is 28.7. The summed E-state index contributed by atoms with van der Waals surface area (Å²) >= 11 is 0. The molecule has 0 atom stereocenters. The van der Waals surface area contributed by atoms with Crippen molar-refractivity contribution in [1.82, 2.24) is 5.32 Å². The van der Waals surface area contributed by atoms with Gasteiger partial charge in [-0.15, -0.1) is 0 Å². The molecule has 1 aliphatic carbocycles. The van der Waals surface area contributed by atoms with Gasteiger partial charge in [0.05, 0.1) is 19.3 Å². The van der Waals surface area contributed by atoms with Gasteiger partial charge in [-0.25, -0.2) is 0 Å². The Kier molecular flexibility index (Phi) is 3.57. The predicted molar refractivity (Wildman–Crippen MR) is 64.3 cm³/mol. The maximum Gasteiger partial charge on any atom is 0.162 e. The first-order chi connectivity index (χ1) is 7.55. The van der Waals surface area contributed by atoms with E-state index in [1.165, 1.54) is 25.7 Å². The van der Waals surface area contributed by atoms with Gasteiger partial charge >= 0.3 is 0 Å². The molecule has 3 nitrogen and oxygen atoms in total. The van der Waals surface area contributed by atoms with Gasteiger partial charge in [-0.3, -0.25) is 0 Å². The molecule has 1 N–H and O–H groups in total. The lowest BCUT2D eigenvalue weighted by Gasteiger charge is -2.43. The van der Waals surface area contributed by atoms with Gasteiger partial charge in [0.1, 0.15) is 0 Å². The largest absolute Gasteiger partial charge is 0.349 e. The van der Waals surface area contributed by atoms with Crippen molar-refractivity contribution in [2.24, 2.45) is 5.41 Å². The van der Waals surface area contributed by atoms with Crippen molar-refractivity contribution in [3.05, 3.63) is 0 Å². The molecule has 0 radical (unpaired) electrons. The van der Waals surface area contributed by atoms with Gasteiger partial charge in [-0.1, -0.05) is 13.3 Å². The summed E-state index contributed by atoms with van der Waals surface area (Å²) in [6.45, 7) is 8.92. The van der Waals surface area contributed by atoms with Gasteiger partial charge in [0.2, 0.25) is 0 Å². The maximum absolute atomic E-state index is 5.64. The second kappa shape index (κ2) is 4.63. The highest BCUT2D eigenvalue weighted by molar-refractivity contribution is 4.89. The van der Waals surface area contributed by atoms with Gasteiger partial charge in [-0.05, 0) is 38.5 Å². The highest BCUT2D eigenvalue weighted by Crippen LogP contribution is 2.43. The minimum atomic E-state index is -0.392. The van der Waals surface area contributed by atoms with Crippen LogP contribution in [0.1, 0.15) is 46.5 Å². The summed E-state index contributed by atoms with van der Waals surface area (Å²) < 4.78 is 11.3. The van der Waals surface area contributed by atoms with Crippen LogP contribution in [0.15, 0.2) is 0 Å². The summed E-state index contributed by atoms with van der Waals surface area (Å²) in [6.07, 6.45) is 5.47. The molecule has 0 aromatic rings. The van der Waals surface area contributed by atoms with Gasteiger partial charge in [0.25, 0.3) is 0 Å². The number of rotatable bonds is 4. The van der Waals surface area contributed by atoms with E-state index in [2.05, 4.69) is 12.2 Å². The van der Waals surface area contributed by atoms with Crippen LogP contribution in [0.3, 0.4) is 0 Å². The average Bonchev–Trinajstić information content (AvgIpc) is 2.19. The Hall–Kier alpha value is -0.120. The number of nitrogens with one attached hydrogen (secondary N) is 1. The SMILES string of the molecule is CCC1(CNC2COC(C)(C)OC2)CCC1. The zero-order valence-electron chi connectivity index (χ0n) is 10.8. The lowest BCUT2D eigenvalue weighted by molar-refractivity contribution is -0.253. The fraction of sp³-hybridized carbons (Fsp3) is 1.00. The van der Waals surface area contributed by atoms with Crippen molar-refractivity contribution in [3.63, 3.8) is 0 Å². The monoisotopic (exact) mass is 227 g/mol. The molecule has 0 bridgehead atoms. The van der Waals surface area contributed by atoms with E-state index in [0.717, 1.165) is 19.8 Å². The van der Waals surface area contributed by atoms with E-state index in [-0.39, 0.29) is 0 Å². The Balaban J connectivity index is 1.71. The molecule has 0 amide bonds. The minimum Gasteiger partial charge on any atom is -0.349 e. The first kappa shape index (κ1) is 12.3. The Morgan fingerprint density at radius 1 is 1.19 bits per heavy atom. The molecule has 1 heterocycles. The van der Waals surface area contributed by atoms with Crippen LogP contribution in [0.25, 0.3) is 0 Å². The molecule has 1 saturated heterocycles. The van der Waals surface area contributed by atoms with Gasteiger partial charge in [0, 0.05) is 6.54 Å². The topological polar surface area (TPSA) is 30.5 Å². The van der Waals surface area contributed by atoms with E-state index in [0.29, 0.717) is 11.5 Å². The predicted octanol–water partition coefficient (Wildman–Crippen LogP) is 2.31. The van der Waals surface area contributed by atoms with E-state index >= 15 is 0 Å². The van der Waals surface area contributed by atoms with Crippen LogP contribution in [0, 0.1) is 5.41 Å². The molecule has 94 valence electrons. The summed E-state index contributed by atoms with van der Waals surface area (Å²) in [5.41, 5.74) is 0.576. The van der Waals surface area contributed by atoms with Gasteiger partial charge in [0.15, 0.2) is 5.79 Å². The van der Waals surface area contributed by atoms with Crippen LogP contribution in [0.5, 0.6) is 0 Å². The van der Waals surface area contributed by atoms with Crippen molar-refractivity contribution >= 4 is 0 Å². The maximum atomic E-state index is 5.64. The Labute approximate surface area is 98.9 Å². The van der Waals surface area contributed by atoms with Crippen molar-refractivity contribution in [2.45, 2.75) is 58.3 Å². The molecule has 0 aromatic carbocycles. The molecule has 16 heavy (non-hydrogen) atoms. The number of hydrogen-bond acceptors (Lipinski definition) is 3. The fourth-order valence-electron chi connectivity index (χ4n) is 2.50. The lowest BCUT2D eigenvalue weighted by atomic mass is 9.67. The van der Waals surface area contributed by atoms with Crippen LogP contribution >= 0.6 is 0 Å². The van der Waals surface area contributed by atoms with E-state index in [1.54, 1.807) is 0 Å². The highest BCUT2D eigenvalue weighted by atomic mass is 16.7. The fourth-order valence-corrected chi connectivity index (χ4v) is 2.50. The summed E-state index contributed by atoms with van der Waals surface area (Å²) in [5.74, 6) is -0.392. The van der Waals surface area contributed by atoms with Gasteiger partial charge < -0.3 is 14.8 Å². The number of hydrogen-bond donors (Lipinski definition) is 1. The third-order valence-corrected chi connectivity index (χ3v) is 4.19. The molecule has 0 unspecified atom stereocenters. The third kappa shape index (κ3) is 2.76. The first-order valence-corrected chi connectivity index (χ1v) is 6.57. The van der Waals surface area contributed by atoms with Crippen LogP contribution in [0.2, 0.25) is 0 Å². The van der Waals surface area contributed by atoms with Crippen LogP contribution < -0.4 is 5.32 Å². The van der Waals surface area contributed by atoms with Crippen LogP contribution in [-0.2, 0) is 9.47 Å². The zero-order valence-corrected chi connectivity index (χ0v) is 10.8. The van der Waals surface area contributed by atoms with Crippen LogP contribution in [0.4, 0.5) is 0 Å². The quantitative estimate of drug-likeness (QED) is 0.799. The zero-order chi connectivity index (χ0) is 11.6. The molecule has 1 aliphatic heterocycles. The van der Waals surface area contributed by atoms with Crippen molar-refractivity contribution in [2.75, 3.05) is 19.8 Å². The Bertz CT molecular complexity index is 221. The van der Waals surface area contributed by atoms with Crippen molar-refractivity contribution in [1.29, 1.82) is 0 Å². The molecule has 2 fully saturated rings. The average molecular weight is 227 g/mol. The third-order valence-electron chi connectivity index (χ3n) is 4.19. The standard InChI is InChI=1S/C13H25NO2/c1-4-13(6-5-7-13)10-14-11-8-15-12(2,3)16-9-11/h11,14H,4-10H2,1-3H3. The van der Waals surface area contributed by atoms with Crippen LogP contribution in [-0.4, -0.2) is 31.6 Å². The second-order valence-electron chi connectivity index (χ2n) is 5.81. The molecule has 2 aliphatic rings. The molecular weight excluding hydrogens is 202 g/mol. The molecule has 0 aromatic heterocycles. The van der Waals surface area contributed by atoms with E-state index in [9.17, 15) is 0 Å². The summed E-state index contributed by atoms with van der Waals surface area (Å²) in [4.78, 5) is 0. The molecule has 1 saturated carbocycles. The summed E-state index contributed by atoms with van der Waals surface area (Å²) in [5, 5.41) is 3.60. The van der Waals surface area contributed by atoms with Gasteiger partial charge in [-0.2, -0.15) is 0 Å². The molecule has 2 rings (SSSR count). The highest BCUT2D eigenvalue weighted by Gasteiger charge is 2.36. The van der Waals surface area contributed by atoms with Crippen molar-refractivity contribution in [3.8, 4) is 0 Å². The van der Waals surface area contributed by atoms with E-state index < -0.39 is 5.79 Å². The summed E-state index contributed by atoms with van der Waals surface area (Å²) in [6, 6.07) is 0.372. The Morgan fingerprint density at radius 2 is 1.81 bits per heavy atom. The first-order valence-electron chi connectivity index (χ1n) is 6.57. The molecule has 3 heteroatoms. The molecule has 0 spiro atoms. The Morgan fingerprint density at radius 3 is 2.25 bits per heavy atom. The summed E-state index contributed by atoms with van der Waals surface area (Å²) in [7, 11) is 0. The minimum absolute atomic E-state index is 0.372. The molecular formula is C13H25NO2. The van der Waals surface area contributed by atoms with Crippen molar-refractivity contribution < 1.29 is 9.47 Å². The van der Waals surface area contributed by atoms with E-state index in [1.807, 2.05) is 13.8 Å².